The van der Waals surface area contributed by atoms with Crippen molar-refractivity contribution in [2.24, 2.45) is 5.92 Å². The Labute approximate surface area is 193 Å². The van der Waals surface area contributed by atoms with Crippen LogP contribution >= 0.6 is 0 Å². The smallest absolute Gasteiger partial charge is 0.379 e. The number of benzene rings is 2. The summed E-state index contributed by atoms with van der Waals surface area (Å²) in [5.41, 5.74) is -0.414. The number of nitrogens with zero attached hydrogens (tertiary/aromatic N) is 1. The lowest BCUT2D eigenvalue weighted by atomic mass is 10.1. The summed E-state index contributed by atoms with van der Waals surface area (Å²) in [5, 5.41) is 0. The summed E-state index contributed by atoms with van der Waals surface area (Å²) in [6.07, 6.45) is -1.44. The maximum absolute atomic E-state index is 12.9. The van der Waals surface area contributed by atoms with Crippen molar-refractivity contribution < 1.29 is 30.6 Å². The van der Waals surface area contributed by atoms with Crippen LogP contribution in [0.15, 0.2) is 53.4 Å². The molecule has 0 heterocycles. The van der Waals surface area contributed by atoms with E-state index in [0.717, 1.165) is 37.5 Å². The lowest BCUT2D eigenvalue weighted by molar-refractivity contribution is -0.137. The van der Waals surface area contributed by atoms with Crippen LogP contribution in [0.5, 0.6) is 5.75 Å². The molecule has 0 aromatic heterocycles. The number of rotatable bonds is 11. The van der Waals surface area contributed by atoms with Gasteiger partial charge in [0.1, 0.15) is 10.6 Å². The number of hydrogen-bond acceptors (Lipinski definition) is 4. The molecular formula is C24H30F3NO4S. The van der Waals surface area contributed by atoms with Gasteiger partial charge in [-0.15, -0.1) is 0 Å². The van der Waals surface area contributed by atoms with Gasteiger partial charge in [-0.2, -0.15) is 21.6 Å². The number of carbonyl (C=O) groups excluding carboxylic acids is 1. The third-order valence-electron chi connectivity index (χ3n) is 4.86. The highest BCUT2D eigenvalue weighted by Gasteiger charge is 2.32. The average molecular weight is 486 g/mol. The molecule has 0 fully saturated rings. The van der Waals surface area contributed by atoms with E-state index in [2.05, 4.69) is 6.92 Å². The minimum atomic E-state index is -4.67. The quantitative estimate of drug-likeness (QED) is 0.288. The molecular weight excluding hydrogens is 455 g/mol. The number of amides is 1. The van der Waals surface area contributed by atoms with E-state index >= 15 is 0 Å². The predicted octanol–water partition coefficient (Wildman–Crippen LogP) is 6.04. The third kappa shape index (κ3) is 8.38. The molecule has 182 valence electrons. The molecule has 0 bridgehead atoms. The van der Waals surface area contributed by atoms with Crippen LogP contribution in [0.1, 0.15) is 57.6 Å². The largest absolute Gasteiger partial charge is 0.416 e. The second kappa shape index (κ2) is 11.5. The zero-order valence-corrected chi connectivity index (χ0v) is 19.9. The van der Waals surface area contributed by atoms with E-state index in [1.807, 2.05) is 13.8 Å². The van der Waals surface area contributed by atoms with Crippen LogP contribution in [-0.4, -0.2) is 25.8 Å². The lowest BCUT2D eigenvalue weighted by Crippen LogP contribution is -2.33. The molecule has 0 unspecified atom stereocenters. The Morgan fingerprint density at radius 3 is 2.39 bits per heavy atom. The Hall–Kier alpha value is -2.55. The number of hydrogen-bond donors (Lipinski definition) is 0. The molecule has 33 heavy (non-hydrogen) atoms. The summed E-state index contributed by atoms with van der Waals surface area (Å²) in [7, 11) is -4.47. The van der Waals surface area contributed by atoms with Crippen LogP contribution in [0.3, 0.4) is 0 Å². The van der Waals surface area contributed by atoms with E-state index in [-0.39, 0.29) is 24.1 Å². The molecule has 0 saturated carbocycles. The van der Waals surface area contributed by atoms with Gasteiger partial charge in [-0.05, 0) is 48.2 Å². The van der Waals surface area contributed by atoms with Crippen molar-refractivity contribution in [2.45, 2.75) is 64.1 Å². The van der Waals surface area contributed by atoms with Crippen molar-refractivity contribution in [2.75, 3.05) is 6.54 Å². The number of halogens is 3. The molecule has 0 spiro atoms. The second-order valence-corrected chi connectivity index (χ2v) is 9.88. The van der Waals surface area contributed by atoms with E-state index in [9.17, 15) is 26.4 Å². The number of carbonyl (C=O) groups is 1. The highest BCUT2D eigenvalue weighted by molar-refractivity contribution is 7.87. The van der Waals surface area contributed by atoms with Gasteiger partial charge in [0.15, 0.2) is 0 Å². The molecule has 2 aromatic carbocycles. The topological polar surface area (TPSA) is 63.7 Å². The van der Waals surface area contributed by atoms with E-state index in [1.54, 1.807) is 17.0 Å². The van der Waals surface area contributed by atoms with Crippen LogP contribution < -0.4 is 4.18 Å². The van der Waals surface area contributed by atoms with E-state index in [0.29, 0.717) is 24.6 Å². The van der Waals surface area contributed by atoms with Gasteiger partial charge in [0.25, 0.3) is 0 Å². The number of unbranched alkanes of at least 4 members (excludes halogenated alkanes) is 2. The summed E-state index contributed by atoms with van der Waals surface area (Å²) in [4.78, 5) is 13.8. The third-order valence-corrected chi connectivity index (χ3v) is 6.10. The van der Waals surface area contributed by atoms with E-state index in [4.69, 9.17) is 4.18 Å². The van der Waals surface area contributed by atoms with Gasteiger partial charge >= 0.3 is 16.3 Å². The maximum Gasteiger partial charge on any atom is 0.416 e. The molecule has 5 nitrogen and oxygen atoms in total. The van der Waals surface area contributed by atoms with Gasteiger partial charge in [-0.25, -0.2) is 0 Å². The second-order valence-electron chi connectivity index (χ2n) is 8.34. The summed E-state index contributed by atoms with van der Waals surface area (Å²) in [6.45, 7) is 6.92. The Kier molecular flexibility index (Phi) is 9.34. The van der Waals surface area contributed by atoms with E-state index in [1.165, 1.54) is 12.1 Å². The van der Waals surface area contributed by atoms with E-state index < -0.39 is 26.8 Å². The maximum atomic E-state index is 12.9. The zero-order chi connectivity index (χ0) is 24.6. The molecule has 9 heteroatoms. The molecule has 0 N–H and O–H groups in total. The Morgan fingerprint density at radius 1 is 1.06 bits per heavy atom. The van der Waals surface area contributed by atoms with Crippen LogP contribution in [0, 0.1) is 5.92 Å². The molecule has 0 aliphatic heterocycles. The first kappa shape index (κ1) is 26.7. The SMILES string of the molecule is CCCCCC(=O)N(Cc1cccc(OS(=O)(=O)c2cccc(C(F)(F)F)c2)c1)CC(C)C. The monoisotopic (exact) mass is 485 g/mol. The summed E-state index contributed by atoms with van der Waals surface area (Å²) in [5.74, 6) is 0.244. The first-order valence-corrected chi connectivity index (χ1v) is 12.3. The fraction of sp³-hybridized carbons (Fsp3) is 0.458. The van der Waals surface area contributed by atoms with Crippen molar-refractivity contribution in [1.82, 2.24) is 4.90 Å². The van der Waals surface area contributed by atoms with Gasteiger partial charge in [-0.1, -0.05) is 51.8 Å². The molecule has 2 rings (SSSR count). The first-order chi connectivity index (χ1) is 15.4. The molecule has 0 aliphatic carbocycles. The van der Waals surface area contributed by atoms with Gasteiger partial charge in [0.2, 0.25) is 5.91 Å². The van der Waals surface area contributed by atoms with Crippen LogP contribution in [0.25, 0.3) is 0 Å². The van der Waals surface area contributed by atoms with Crippen molar-refractivity contribution in [3.8, 4) is 5.75 Å². The van der Waals surface area contributed by atoms with Crippen molar-refractivity contribution >= 4 is 16.0 Å². The van der Waals surface area contributed by atoms with Gasteiger partial charge < -0.3 is 9.08 Å². The van der Waals surface area contributed by atoms with Crippen molar-refractivity contribution in [3.05, 3.63) is 59.7 Å². The average Bonchev–Trinajstić information content (AvgIpc) is 2.72. The Morgan fingerprint density at radius 2 is 1.76 bits per heavy atom. The van der Waals surface area contributed by atoms with Crippen LogP contribution in [0.4, 0.5) is 13.2 Å². The van der Waals surface area contributed by atoms with Crippen molar-refractivity contribution in [3.63, 3.8) is 0 Å². The fourth-order valence-electron chi connectivity index (χ4n) is 3.30. The number of alkyl halides is 3. The molecule has 0 saturated heterocycles. The predicted molar refractivity (Wildman–Crippen MR) is 120 cm³/mol. The minimum absolute atomic E-state index is 0.0278. The molecule has 2 aromatic rings. The summed E-state index contributed by atoms with van der Waals surface area (Å²) in [6, 6.07) is 9.62. The minimum Gasteiger partial charge on any atom is -0.379 e. The molecule has 0 atom stereocenters. The zero-order valence-electron chi connectivity index (χ0n) is 19.1. The molecule has 0 radical (unpaired) electrons. The van der Waals surface area contributed by atoms with Gasteiger partial charge in [0, 0.05) is 19.5 Å². The van der Waals surface area contributed by atoms with Gasteiger partial charge in [0.05, 0.1) is 5.56 Å². The summed E-state index contributed by atoms with van der Waals surface area (Å²) >= 11 is 0. The summed E-state index contributed by atoms with van der Waals surface area (Å²) < 4.78 is 69.0. The van der Waals surface area contributed by atoms with Crippen LogP contribution in [0.2, 0.25) is 0 Å². The molecule has 1 amide bonds. The first-order valence-electron chi connectivity index (χ1n) is 10.9. The van der Waals surface area contributed by atoms with Gasteiger partial charge in [-0.3, -0.25) is 4.79 Å². The highest BCUT2D eigenvalue weighted by Crippen LogP contribution is 2.31. The normalized spacial score (nSPS) is 12.1. The van der Waals surface area contributed by atoms with Crippen LogP contribution in [-0.2, 0) is 27.6 Å². The molecule has 0 aliphatic rings. The highest BCUT2D eigenvalue weighted by atomic mass is 32.2. The lowest BCUT2D eigenvalue weighted by Gasteiger charge is -2.25. The standard InChI is InChI=1S/C24H30F3NO4S/c1-4-5-6-13-23(29)28(16-18(2)3)17-19-9-7-11-21(14-19)32-33(30,31)22-12-8-10-20(15-22)24(25,26)27/h7-12,14-15,18H,4-6,13,16-17H2,1-3H3. The fourth-order valence-corrected chi connectivity index (χ4v) is 4.27. The van der Waals surface area contributed by atoms with Crippen molar-refractivity contribution in [1.29, 1.82) is 0 Å². The Balaban J connectivity index is 2.19. The Bertz CT molecular complexity index is 1040.